The molecular weight excluding hydrogens is 363 g/mol. The fourth-order valence-corrected chi connectivity index (χ4v) is 3.35. The van der Waals surface area contributed by atoms with Crippen molar-refractivity contribution >= 4 is 34.2 Å². The van der Waals surface area contributed by atoms with Gasteiger partial charge in [0, 0.05) is 14.7 Å². The summed E-state index contributed by atoms with van der Waals surface area (Å²) in [6, 6.07) is 6.11. The first-order valence-electron chi connectivity index (χ1n) is 7.19. The Balaban J connectivity index is 2.09. The number of carbonyl (C=O) groups excluding carboxylic acids is 1. The van der Waals surface area contributed by atoms with Crippen molar-refractivity contribution in [1.82, 2.24) is 5.32 Å². The lowest BCUT2D eigenvalue weighted by atomic mass is 9.74. The smallest absolute Gasteiger partial charge is 0.230 e. The van der Waals surface area contributed by atoms with E-state index in [4.69, 9.17) is 0 Å². The van der Waals surface area contributed by atoms with Gasteiger partial charge in [0.15, 0.2) is 0 Å². The van der Waals surface area contributed by atoms with Crippen molar-refractivity contribution in [3.05, 3.63) is 27.3 Å². The molecule has 0 spiro atoms. The highest BCUT2D eigenvalue weighted by Gasteiger charge is 2.37. The second-order valence-electron chi connectivity index (χ2n) is 6.18. The number of piperidine rings is 1. The highest BCUT2D eigenvalue weighted by Crippen LogP contribution is 2.33. The molecule has 1 aromatic rings. The van der Waals surface area contributed by atoms with E-state index in [9.17, 15) is 4.79 Å². The van der Waals surface area contributed by atoms with Crippen LogP contribution in [0, 0.1) is 21.8 Å². The molecule has 1 fully saturated rings. The molecule has 0 radical (unpaired) electrons. The summed E-state index contributed by atoms with van der Waals surface area (Å²) in [6.07, 6.45) is 2.28. The molecule has 0 aliphatic carbocycles. The number of anilines is 1. The molecule has 1 aliphatic heterocycles. The van der Waals surface area contributed by atoms with Gasteiger partial charge in [-0.2, -0.15) is 0 Å². The van der Waals surface area contributed by atoms with E-state index in [1.54, 1.807) is 0 Å². The molecule has 1 heterocycles. The maximum absolute atomic E-state index is 12.6. The van der Waals surface area contributed by atoms with Crippen LogP contribution in [0.15, 0.2) is 18.2 Å². The van der Waals surface area contributed by atoms with Crippen LogP contribution in [0.3, 0.4) is 0 Å². The van der Waals surface area contributed by atoms with Crippen LogP contribution in [0.1, 0.15) is 32.3 Å². The fraction of sp³-hybridized carbons (Fsp3) is 0.562. The monoisotopic (exact) mass is 386 g/mol. The van der Waals surface area contributed by atoms with Gasteiger partial charge in [-0.25, -0.2) is 0 Å². The zero-order valence-electron chi connectivity index (χ0n) is 12.4. The van der Waals surface area contributed by atoms with Gasteiger partial charge >= 0.3 is 0 Å². The number of nitrogens with one attached hydrogen (secondary N) is 2. The normalized spacial score (nSPS) is 19.7. The molecule has 4 heteroatoms. The van der Waals surface area contributed by atoms with E-state index >= 15 is 0 Å². The van der Waals surface area contributed by atoms with Crippen LogP contribution in [0.25, 0.3) is 0 Å². The molecule has 1 saturated heterocycles. The Morgan fingerprint density at radius 2 is 2.20 bits per heavy atom. The highest BCUT2D eigenvalue weighted by atomic mass is 127. The molecule has 1 unspecified atom stereocenters. The number of benzene rings is 1. The molecule has 2 rings (SSSR count). The van der Waals surface area contributed by atoms with Crippen molar-refractivity contribution in [3.8, 4) is 0 Å². The van der Waals surface area contributed by atoms with Crippen molar-refractivity contribution in [2.75, 3.05) is 18.4 Å². The maximum atomic E-state index is 12.6. The zero-order valence-corrected chi connectivity index (χ0v) is 14.6. The lowest BCUT2D eigenvalue weighted by Gasteiger charge is -2.36. The van der Waals surface area contributed by atoms with Gasteiger partial charge in [-0.1, -0.05) is 13.8 Å². The average molecular weight is 386 g/mol. The zero-order chi connectivity index (χ0) is 14.8. The molecule has 3 nitrogen and oxygen atoms in total. The molecule has 0 aromatic heterocycles. The predicted octanol–water partition coefficient (Wildman–Crippen LogP) is 3.56. The van der Waals surface area contributed by atoms with E-state index in [1.807, 2.05) is 19.1 Å². The standard InChI is InChI=1S/C16H23IN2O/c1-11-9-13(17)6-7-14(11)19-15(20)16(2,3)12-5-4-8-18-10-12/h6-7,9,12,18H,4-5,8,10H2,1-3H3,(H,19,20). The number of rotatable bonds is 3. The number of aryl methyl sites for hydroxylation is 1. The summed E-state index contributed by atoms with van der Waals surface area (Å²) in [5, 5.41) is 6.50. The van der Waals surface area contributed by atoms with Gasteiger partial charge in [-0.05, 0) is 85.1 Å². The number of amides is 1. The lowest BCUT2D eigenvalue weighted by Crippen LogP contribution is -2.44. The van der Waals surface area contributed by atoms with Crippen LogP contribution >= 0.6 is 22.6 Å². The lowest BCUT2D eigenvalue weighted by molar-refractivity contribution is -0.127. The maximum Gasteiger partial charge on any atom is 0.230 e. The number of halogens is 1. The molecule has 1 aliphatic rings. The van der Waals surface area contributed by atoms with Gasteiger partial charge in [0.1, 0.15) is 0 Å². The van der Waals surface area contributed by atoms with Gasteiger partial charge in [0.05, 0.1) is 0 Å². The minimum Gasteiger partial charge on any atom is -0.325 e. The van der Waals surface area contributed by atoms with Crippen LogP contribution in [-0.4, -0.2) is 19.0 Å². The molecule has 0 saturated carbocycles. The van der Waals surface area contributed by atoms with Gasteiger partial charge in [-0.15, -0.1) is 0 Å². The summed E-state index contributed by atoms with van der Waals surface area (Å²) < 4.78 is 1.19. The largest absolute Gasteiger partial charge is 0.325 e. The van der Waals surface area contributed by atoms with E-state index in [0.29, 0.717) is 5.92 Å². The van der Waals surface area contributed by atoms with Crippen molar-refractivity contribution in [3.63, 3.8) is 0 Å². The number of hydrogen-bond donors (Lipinski definition) is 2. The van der Waals surface area contributed by atoms with Gasteiger partial charge < -0.3 is 10.6 Å². The Morgan fingerprint density at radius 3 is 2.80 bits per heavy atom. The van der Waals surface area contributed by atoms with E-state index in [-0.39, 0.29) is 11.3 Å². The molecule has 2 N–H and O–H groups in total. The van der Waals surface area contributed by atoms with Crippen LogP contribution in [0.4, 0.5) is 5.69 Å². The van der Waals surface area contributed by atoms with Crippen molar-refractivity contribution in [1.29, 1.82) is 0 Å². The van der Waals surface area contributed by atoms with Crippen LogP contribution in [-0.2, 0) is 4.79 Å². The Bertz CT molecular complexity index is 493. The molecule has 1 atom stereocenters. The minimum atomic E-state index is -0.344. The summed E-state index contributed by atoms with van der Waals surface area (Å²) >= 11 is 2.29. The van der Waals surface area contributed by atoms with Crippen LogP contribution in [0.2, 0.25) is 0 Å². The number of carbonyl (C=O) groups is 1. The third kappa shape index (κ3) is 3.52. The Labute approximate surface area is 135 Å². The Morgan fingerprint density at radius 1 is 1.45 bits per heavy atom. The summed E-state index contributed by atoms with van der Waals surface area (Å²) in [7, 11) is 0. The SMILES string of the molecule is Cc1cc(I)ccc1NC(=O)C(C)(C)C1CCCNC1. The van der Waals surface area contributed by atoms with Gasteiger partial charge in [-0.3, -0.25) is 4.79 Å². The number of hydrogen-bond acceptors (Lipinski definition) is 2. The van der Waals surface area contributed by atoms with E-state index in [1.165, 1.54) is 3.57 Å². The summed E-state index contributed by atoms with van der Waals surface area (Å²) in [5.41, 5.74) is 1.69. The van der Waals surface area contributed by atoms with Gasteiger partial charge in [0.25, 0.3) is 0 Å². The molecule has 110 valence electrons. The van der Waals surface area contributed by atoms with Gasteiger partial charge in [0.2, 0.25) is 5.91 Å². The first kappa shape index (κ1) is 15.8. The second-order valence-corrected chi connectivity index (χ2v) is 7.42. The fourth-order valence-electron chi connectivity index (χ4n) is 2.70. The third-order valence-electron chi connectivity index (χ3n) is 4.34. The summed E-state index contributed by atoms with van der Waals surface area (Å²) in [4.78, 5) is 12.6. The van der Waals surface area contributed by atoms with Crippen molar-refractivity contribution in [2.24, 2.45) is 11.3 Å². The van der Waals surface area contributed by atoms with E-state index in [0.717, 1.165) is 37.2 Å². The second kappa shape index (κ2) is 6.43. The molecule has 0 bridgehead atoms. The Kier molecular flexibility index (Phi) is 5.07. The topological polar surface area (TPSA) is 41.1 Å². The molecular formula is C16H23IN2O. The molecule has 1 aromatic carbocycles. The molecule has 1 amide bonds. The van der Waals surface area contributed by atoms with Crippen molar-refractivity contribution < 1.29 is 4.79 Å². The summed E-state index contributed by atoms with van der Waals surface area (Å²) in [6.45, 7) is 8.16. The highest BCUT2D eigenvalue weighted by molar-refractivity contribution is 14.1. The Hall–Kier alpha value is -0.620. The minimum absolute atomic E-state index is 0.121. The van der Waals surface area contributed by atoms with E-state index < -0.39 is 0 Å². The quantitative estimate of drug-likeness (QED) is 0.780. The first-order valence-corrected chi connectivity index (χ1v) is 8.27. The summed E-state index contributed by atoms with van der Waals surface area (Å²) in [5.74, 6) is 0.524. The average Bonchev–Trinajstić information content (AvgIpc) is 2.42. The van der Waals surface area contributed by atoms with Crippen LogP contribution < -0.4 is 10.6 Å². The first-order chi connectivity index (χ1) is 9.41. The van der Waals surface area contributed by atoms with E-state index in [2.05, 4.69) is 53.1 Å². The predicted molar refractivity (Wildman–Crippen MR) is 91.9 cm³/mol. The van der Waals surface area contributed by atoms with Crippen LogP contribution in [0.5, 0.6) is 0 Å². The van der Waals surface area contributed by atoms with Crippen molar-refractivity contribution in [2.45, 2.75) is 33.6 Å². The third-order valence-corrected chi connectivity index (χ3v) is 5.01. The molecule has 20 heavy (non-hydrogen) atoms.